The van der Waals surface area contributed by atoms with Crippen molar-refractivity contribution in [2.24, 2.45) is 0 Å². The summed E-state index contributed by atoms with van der Waals surface area (Å²) in [7, 11) is 1.57. The molecule has 30 heavy (non-hydrogen) atoms. The standard InChI is InChI=1S/C21H25IN2O5S/c1-4-13(2)29-19-15(22)9-14(10-16(19)28-3)11-17-20(26)24(21(27)30-17)12-18(25)23-7-5-6-8-23/h9-11,13H,4-8,12H2,1-3H3/b17-11+/t13-/m1/s1. The SMILES string of the molecule is CC[C@@H](C)Oc1c(I)cc(/C=C2/SC(=O)N(CC(=O)N3CCCC3)C2=O)cc1OC. The van der Waals surface area contributed by atoms with Crippen LogP contribution in [0.25, 0.3) is 6.08 Å². The highest BCUT2D eigenvalue weighted by atomic mass is 127. The first-order valence-corrected chi connectivity index (χ1v) is 11.8. The van der Waals surface area contributed by atoms with E-state index in [0.717, 1.165) is 45.1 Å². The summed E-state index contributed by atoms with van der Waals surface area (Å²) in [5.41, 5.74) is 0.726. The Bertz CT molecular complexity index is 882. The Balaban J connectivity index is 1.79. The van der Waals surface area contributed by atoms with Crippen LogP contribution in [0, 0.1) is 3.57 Å². The lowest BCUT2D eigenvalue weighted by molar-refractivity contribution is -0.135. The summed E-state index contributed by atoms with van der Waals surface area (Å²) in [6.45, 7) is 5.21. The Morgan fingerprint density at radius 1 is 1.30 bits per heavy atom. The second kappa shape index (κ2) is 10.0. The third kappa shape index (κ3) is 5.11. The minimum atomic E-state index is -0.438. The zero-order chi connectivity index (χ0) is 21.8. The number of carbonyl (C=O) groups excluding carboxylic acids is 3. The Morgan fingerprint density at radius 3 is 2.63 bits per heavy atom. The van der Waals surface area contributed by atoms with Gasteiger partial charge in [-0.2, -0.15) is 0 Å². The van der Waals surface area contributed by atoms with E-state index in [1.165, 1.54) is 0 Å². The molecule has 0 saturated carbocycles. The molecule has 0 N–H and O–H groups in total. The molecule has 9 heteroatoms. The van der Waals surface area contributed by atoms with E-state index < -0.39 is 11.1 Å². The molecule has 0 bridgehead atoms. The predicted molar refractivity (Wildman–Crippen MR) is 125 cm³/mol. The average Bonchev–Trinajstić information content (AvgIpc) is 3.34. The quantitative estimate of drug-likeness (QED) is 0.380. The summed E-state index contributed by atoms with van der Waals surface area (Å²) in [4.78, 5) is 40.5. The number of thioether (sulfide) groups is 1. The lowest BCUT2D eigenvalue weighted by Gasteiger charge is -2.18. The zero-order valence-corrected chi connectivity index (χ0v) is 20.2. The minimum absolute atomic E-state index is 0.0444. The number of hydrogen-bond donors (Lipinski definition) is 0. The third-order valence-corrected chi connectivity index (χ3v) is 6.78. The highest BCUT2D eigenvalue weighted by Gasteiger charge is 2.37. The molecule has 3 amide bonds. The molecule has 2 heterocycles. The first-order valence-electron chi connectivity index (χ1n) is 9.91. The summed E-state index contributed by atoms with van der Waals surface area (Å²) in [5, 5.41) is -0.419. The van der Waals surface area contributed by atoms with Gasteiger partial charge in [0.2, 0.25) is 5.91 Å². The molecule has 0 aliphatic carbocycles. The Labute approximate surface area is 194 Å². The molecular formula is C21H25IN2O5S. The van der Waals surface area contributed by atoms with Gasteiger partial charge in [0.15, 0.2) is 11.5 Å². The van der Waals surface area contributed by atoms with Gasteiger partial charge in [-0.05, 0) is 84.3 Å². The maximum atomic E-state index is 12.7. The highest BCUT2D eigenvalue weighted by molar-refractivity contribution is 14.1. The molecule has 2 saturated heterocycles. The van der Waals surface area contributed by atoms with E-state index in [9.17, 15) is 14.4 Å². The maximum absolute atomic E-state index is 12.7. The third-order valence-electron chi connectivity index (χ3n) is 5.07. The van der Waals surface area contributed by atoms with E-state index in [4.69, 9.17) is 9.47 Å². The van der Waals surface area contributed by atoms with Crippen LogP contribution < -0.4 is 9.47 Å². The fourth-order valence-corrected chi connectivity index (χ4v) is 4.80. The number of hydrogen-bond acceptors (Lipinski definition) is 6. The monoisotopic (exact) mass is 544 g/mol. The number of amides is 3. The normalized spacial score (nSPS) is 19.0. The van der Waals surface area contributed by atoms with Gasteiger partial charge in [-0.15, -0.1) is 0 Å². The van der Waals surface area contributed by atoms with Gasteiger partial charge in [-0.25, -0.2) is 0 Å². The number of nitrogens with zero attached hydrogens (tertiary/aromatic N) is 2. The maximum Gasteiger partial charge on any atom is 0.294 e. The lowest BCUT2D eigenvalue weighted by atomic mass is 10.1. The highest BCUT2D eigenvalue weighted by Crippen LogP contribution is 2.38. The second-order valence-corrected chi connectivity index (χ2v) is 9.38. The van der Waals surface area contributed by atoms with Crippen molar-refractivity contribution in [2.45, 2.75) is 39.2 Å². The van der Waals surface area contributed by atoms with Crippen LogP contribution in [0.4, 0.5) is 4.79 Å². The predicted octanol–water partition coefficient (Wildman–Crippen LogP) is 4.14. The lowest BCUT2D eigenvalue weighted by Crippen LogP contribution is -2.40. The summed E-state index contributed by atoms with van der Waals surface area (Å²) < 4.78 is 12.3. The van der Waals surface area contributed by atoms with E-state index in [1.807, 2.05) is 19.9 Å². The average molecular weight is 544 g/mol. The van der Waals surface area contributed by atoms with Gasteiger partial charge in [0.1, 0.15) is 6.54 Å². The number of imide groups is 1. The van der Waals surface area contributed by atoms with Crippen LogP contribution >= 0.6 is 34.4 Å². The van der Waals surface area contributed by atoms with Crippen LogP contribution in [0.3, 0.4) is 0 Å². The van der Waals surface area contributed by atoms with Crippen LogP contribution in [-0.4, -0.2) is 59.7 Å². The van der Waals surface area contributed by atoms with Gasteiger partial charge < -0.3 is 14.4 Å². The zero-order valence-electron chi connectivity index (χ0n) is 17.3. The van der Waals surface area contributed by atoms with Gasteiger partial charge in [0.05, 0.1) is 21.7 Å². The van der Waals surface area contributed by atoms with Crippen molar-refractivity contribution < 1.29 is 23.9 Å². The first-order chi connectivity index (χ1) is 14.3. The molecule has 1 atom stereocenters. The van der Waals surface area contributed by atoms with E-state index in [-0.39, 0.29) is 18.6 Å². The largest absolute Gasteiger partial charge is 0.493 e. The van der Waals surface area contributed by atoms with Gasteiger partial charge in [-0.3, -0.25) is 19.3 Å². The molecule has 7 nitrogen and oxygen atoms in total. The van der Waals surface area contributed by atoms with Crippen LogP contribution in [-0.2, 0) is 9.59 Å². The molecule has 0 unspecified atom stereocenters. The van der Waals surface area contributed by atoms with Crippen LogP contribution in [0.2, 0.25) is 0 Å². The topological polar surface area (TPSA) is 76.2 Å². The van der Waals surface area contributed by atoms with Crippen LogP contribution in [0.1, 0.15) is 38.7 Å². The molecule has 0 spiro atoms. The second-order valence-electron chi connectivity index (χ2n) is 7.23. The first kappa shape index (κ1) is 22.9. The summed E-state index contributed by atoms with van der Waals surface area (Å²) in [6.07, 6.45) is 4.49. The van der Waals surface area contributed by atoms with Crippen LogP contribution in [0.5, 0.6) is 11.5 Å². The summed E-state index contributed by atoms with van der Waals surface area (Å²) in [5.74, 6) is 0.607. The van der Waals surface area contributed by atoms with E-state index >= 15 is 0 Å². The van der Waals surface area contributed by atoms with E-state index in [1.54, 1.807) is 24.2 Å². The number of methoxy groups -OCH3 is 1. The van der Waals surface area contributed by atoms with Gasteiger partial charge >= 0.3 is 0 Å². The molecule has 3 rings (SSSR count). The van der Waals surface area contributed by atoms with Crippen molar-refractivity contribution in [1.82, 2.24) is 9.80 Å². The molecule has 1 aromatic rings. The summed E-state index contributed by atoms with van der Waals surface area (Å²) >= 11 is 3.02. The molecule has 162 valence electrons. The van der Waals surface area contributed by atoms with Crippen molar-refractivity contribution in [1.29, 1.82) is 0 Å². The van der Waals surface area contributed by atoms with Crippen LogP contribution in [0.15, 0.2) is 17.0 Å². The van der Waals surface area contributed by atoms with Crippen molar-refractivity contribution in [3.63, 3.8) is 0 Å². The number of carbonyl (C=O) groups is 3. The smallest absolute Gasteiger partial charge is 0.294 e. The van der Waals surface area contributed by atoms with Gasteiger partial charge in [0, 0.05) is 13.1 Å². The van der Waals surface area contributed by atoms with Crippen molar-refractivity contribution in [3.05, 3.63) is 26.2 Å². The number of rotatable bonds is 7. The number of benzene rings is 1. The Hall–Kier alpha value is -1.75. The number of ether oxygens (including phenoxy) is 2. The number of halogens is 1. The summed E-state index contributed by atoms with van der Waals surface area (Å²) in [6, 6.07) is 3.66. The minimum Gasteiger partial charge on any atom is -0.493 e. The number of likely N-dealkylation sites (tertiary alicyclic amines) is 1. The van der Waals surface area contributed by atoms with Crippen molar-refractivity contribution >= 4 is 57.5 Å². The Morgan fingerprint density at radius 2 is 2.00 bits per heavy atom. The van der Waals surface area contributed by atoms with E-state index in [0.29, 0.717) is 29.5 Å². The molecule has 0 aromatic heterocycles. The molecule has 1 aromatic carbocycles. The molecule has 2 fully saturated rings. The van der Waals surface area contributed by atoms with Crippen molar-refractivity contribution in [2.75, 3.05) is 26.7 Å². The van der Waals surface area contributed by atoms with Gasteiger partial charge in [-0.1, -0.05) is 6.92 Å². The van der Waals surface area contributed by atoms with Crippen molar-refractivity contribution in [3.8, 4) is 11.5 Å². The molecule has 2 aliphatic rings. The molecule has 2 aliphatic heterocycles. The fourth-order valence-electron chi connectivity index (χ4n) is 3.21. The molecule has 0 radical (unpaired) electrons. The van der Waals surface area contributed by atoms with Gasteiger partial charge in [0.25, 0.3) is 11.1 Å². The fraction of sp³-hybridized carbons (Fsp3) is 0.476. The molecular weight excluding hydrogens is 519 g/mol. The van der Waals surface area contributed by atoms with E-state index in [2.05, 4.69) is 22.6 Å². The Kier molecular flexibility index (Phi) is 7.67.